The topological polar surface area (TPSA) is 86.9 Å². The molecule has 0 unspecified atom stereocenters. The largest absolute Gasteiger partial charge is 0.390 e. The molecule has 0 aromatic heterocycles. The van der Waals surface area contributed by atoms with Crippen LogP contribution in [0.15, 0.2) is 66.7 Å². The molecule has 3 rings (SSSR count). The second-order valence-corrected chi connectivity index (χ2v) is 12.1. The van der Waals surface area contributed by atoms with Crippen molar-refractivity contribution in [2.45, 2.75) is 84.9 Å². The second kappa shape index (κ2) is 18.3. The van der Waals surface area contributed by atoms with E-state index in [4.69, 9.17) is 5.73 Å². The SMILES string of the molecule is CCCC/C=C/c1cccc(CN(C[C@@H](O)[C@@H](N)Cc2cc(F)cc(F)c2)C(=O)c2cc(C)cc(C(=O)N(CCC)CCC)c2)c1. The van der Waals surface area contributed by atoms with Gasteiger partial charge in [0, 0.05) is 49.4 Å². The number of benzene rings is 3. The zero-order valence-corrected chi connectivity index (χ0v) is 27.6. The number of carbonyl (C=O) groups excluding carboxylic acids is 2. The summed E-state index contributed by atoms with van der Waals surface area (Å²) in [6.45, 7) is 9.35. The van der Waals surface area contributed by atoms with Crippen molar-refractivity contribution in [3.05, 3.63) is 112 Å². The Hall–Kier alpha value is -3.88. The number of rotatable bonds is 17. The van der Waals surface area contributed by atoms with Crippen molar-refractivity contribution in [2.24, 2.45) is 5.73 Å². The van der Waals surface area contributed by atoms with Gasteiger partial charge >= 0.3 is 0 Å². The maximum absolute atomic E-state index is 14.2. The van der Waals surface area contributed by atoms with Gasteiger partial charge in [-0.3, -0.25) is 9.59 Å². The quantitative estimate of drug-likeness (QED) is 0.153. The summed E-state index contributed by atoms with van der Waals surface area (Å²) in [5.74, 6) is -1.93. The fourth-order valence-corrected chi connectivity index (χ4v) is 5.52. The van der Waals surface area contributed by atoms with E-state index in [1.165, 1.54) is 17.0 Å². The van der Waals surface area contributed by atoms with Gasteiger partial charge in [-0.15, -0.1) is 0 Å². The highest BCUT2D eigenvalue weighted by Crippen LogP contribution is 2.19. The highest BCUT2D eigenvalue weighted by Gasteiger charge is 2.25. The van der Waals surface area contributed by atoms with E-state index in [0.717, 1.165) is 54.9 Å². The standard InChI is InChI=1S/C38H49F2N3O3/c1-5-8-9-10-12-28-13-11-14-29(19-28)25-43(26-36(44)35(41)22-30-20-33(39)24-34(40)21-30)38(46)32-18-27(4)17-31(23-32)37(45)42(15-6-2)16-7-3/h10-14,17-21,23-24,35-36,44H,5-9,15-16,22,25-26,41H2,1-4H3/b12-10+/t35-,36+/m0/s1. The molecular weight excluding hydrogens is 584 g/mol. The Bertz CT molecular complexity index is 1450. The lowest BCUT2D eigenvalue weighted by Crippen LogP contribution is -2.46. The fraction of sp³-hybridized carbons (Fsp3) is 0.421. The average molecular weight is 634 g/mol. The Balaban J connectivity index is 1.92. The first-order valence-electron chi connectivity index (χ1n) is 16.4. The van der Waals surface area contributed by atoms with Gasteiger partial charge in [0.1, 0.15) is 11.6 Å². The maximum Gasteiger partial charge on any atom is 0.254 e. The number of unbranched alkanes of at least 4 members (excludes halogenated alkanes) is 2. The Labute approximate surface area is 272 Å². The molecule has 0 aliphatic heterocycles. The first kappa shape index (κ1) is 36.6. The van der Waals surface area contributed by atoms with Crippen LogP contribution in [-0.2, 0) is 13.0 Å². The minimum absolute atomic E-state index is 0.0176. The van der Waals surface area contributed by atoms with Crippen molar-refractivity contribution in [1.82, 2.24) is 9.80 Å². The van der Waals surface area contributed by atoms with Gasteiger partial charge in [-0.2, -0.15) is 0 Å². The van der Waals surface area contributed by atoms with Gasteiger partial charge in [0.05, 0.1) is 6.10 Å². The highest BCUT2D eigenvalue weighted by molar-refractivity contribution is 6.00. The van der Waals surface area contributed by atoms with E-state index in [0.29, 0.717) is 29.8 Å². The van der Waals surface area contributed by atoms with E-state index in [1.54, 1.807) is 23.1 Å². The van der Waals surface area contributed by atoms with Gasteiger partial charge in [0.2, 0.25) is 0 Å². The summed E-state index contributed by atoms with van der Waals surface area (Å²) in [5, 5.41) is 11.2. The predicted octanol–water partition coefficient (Wildman–Crippen LogP) is 7.31. The predicted molar refractivity (Wildman–Crippen MR) is 181 cm³/mol. The normalized spacial score (nSPS) is 12.7. The lowest BCUT2D eigenvalue weighted by Gasteiger charge is -2.29. The number of allylic oxidation sites excluding steroid dienone is 1. The van der Waals surface area contributed by atoms with Gasteiger partial charge in [-0.05, 0) is 91.3 Å². The van der Waals surface area contributed by atoms with Crippen molar-refractivity contribution < 1.29 is 23.5 Å². The van der Waals surface area contributed by atoms with Crippen LogP contribution in [0.3, 0.4) is 0 Å². The number of aliphatic hydroxyl groups is 1. The third kappa shape index (κ3) is 11.2. The number of hydrogen-bond donors (Lipinski definition) is 2. The monoisotopic (exact) mass is 633 g/mol. The first-order chi connectivity index (χ1) is 22.0. The van der Waals surface area contributed by atoms with E-state index < -0.39 is 23.8 Å². The number of nitrogens with zero attached hydrogens (tertiary/aromatic N) is 2. The molecule has 0 radical (unpaired) electrons. The van der Waals surface area contributed by atoms with Crippen LogP contribution in [0.5, 0.6) is 0 Å². The maximum atomic E-state index is 14.2. The lowest BCUT2D eigenvalue weighted by atomic mass is 10.00. The third-order valence-corrected chi connectivity index (χ3v) is 7.79. The highest BCUT2D eigenvalue weighted by atomic mass is 19.1. The van der Waals surface area contributed by atoms with Crippen LogP contribution in [0.2, 0.25) is 0 Å². The summed E-state index contributed by atoms with van der Waals surface area (Å²) in [5.41, 5.74) is 10.0. The molecule has 248 valence electrons. The van der Waals surface area contributed by atoms with Gasteiger partial charge in [-0.1, -0.05) is 64.0 Å². The number of aliphatic hydroxyl groups excluding tert-OH is 1. The minimum Gasteiger partial charge on any atom is -0.390 e. The number of carbonyl (C=O) groups is 2. The van der Waals surface area contributed by atoms with Crippen molar-refractivity contribution in [2.75, 3.05) is 19.6 Å². The molecule has 8 heteroatoms. The Morgan fingerprint density at radius 3 is 2.09 bits per heavy atom. The van der Waals surface area contributed by atoms with Crippen LogP contribution in [0.4, 0.5) is 8.78 Å². The van der Waals surface area contributed by atoms with Gasteiger partial charge < -0.3 is 20.6 Å². The van der Waals surface area contributed by atoms with Gasteiger partial charge in [-0.25, -0.2) is 8.78 Å². The molecular formula is C38H49F2N3O3. The molecule has 3 aromatic carbocycles. The molecule has 0 saturated heterocycles. The summed E-state index contributed by atoms with van der Waals surface area (Å²) in [6, 6.07) is 15.3. The van der Waals surface area contributed by atoms with Crippen LogP contribution >= 0.6 is 0 Å². The number of nitrogens with two attached hydrogens (primary N) is 1. The van der Waals surface area contributed by atoms with E-state index in [9.17, 15) is 23.5 Å². The van der Waals surface area contributed by atoms with E-state index in [1.807, 2.05) is 45.0 Å². The molecule has 2 amide bonds. The molecule has 0 heterocycles. The van der Waals surface area contributed by atoms with Crippen molar-refractivity contribution in [3.63, 3.8) is 0 Å². The zero-order chi connectivity index (χ0) is 33.6. The van der Waals surface area contributed by atoms with Crippen LogP contribution in [0.25, 0.3) is 6.08 Å². The Morgan fingerprint density at radius 1 is 0.848 bits per heavy atom. The van der Waals surface area contributed by atoms with Gasteiger partial charge in [0.25, 0.3) is 11.8 Å². The number of amides is 2. The molecule has 0 bridgehead atoms. The molecule has 0 aliphatic rings. The van der Waals surface area contributed by atoms with E-state index in [-0.39, 0.29) is 31.3 Å². The summed E-state index contributed by atoms with van der Waals surface area (Å²) in [6.07, 6.45) is 7.87. The van der Waals surface area contributed by atoms with Crippen molar-refractivity contribution >= 4 is 17.9 Å². The van der Waals surface area contributed by atoms with Crippen LogP contribution < -0.4 is 5.73 Å². The number of aryl methyl sites for hydroxylation is 1. The first-order valence-corrected chi connectivity index (χ1v) is 16.4. The summed E-state index contributed by atoms with van der Waals surface area (Å²) in [7, 11) is 0. The summed E-state index contributed by atoms with van der Waals surface area (Å²) >= 11 is 0. The minimum atomic E-state index is -1.19. The second-order valence-electron chi connectivity index (χ2n) is 12.1. The summed E-state index contributed by atoms with van der Waals surface area (Å²) < 4.78 is 27.6. The lowest BCUT2D eigenvalue weighted by molar-refractivity contribution is 0.0554. The molecule has 2 atom stereocenters. The summed E-state index contributed by atoms with van der Waals surface area (Å²) in [4.78, 5) is 30.9. The van der Waals surface area contributed by atoms with Gasteiger partial charge in [0.15, 0.2) is 0 Å². The molecule has 0 spiro atoms. The van der Waals surface area contributed by atoms with Crippen LogP contribution in [0, 0.1) is 18.6 Å². The molecule has 0 saturated carbocycles. The van der Waals surface area contributed by atoms with E-state index >= 15 is 0 Å². The van der Waals surface area contributed by atoms with Crippen molar-refractivity contribution in [3.8, 4) is 0 Å². The molecule has 3 N–H and O–H groups in total. The Kier molecular flexibility index (Phi) is 14.6. The molecule has 0 fully saturated rings. The van der Waals surface area contributed by atoms with Crippen LogP contribution in [0.1, 0.15) is 95.8 Å². The third-order valence-electron chi connectivity index (χ3n) is 7.79. The molecule has 6 nitrogen and oxygen atoms in total. The van der Waals surface area contributed by atoms with Crippen LogP contribution in [-0.4, -0.2) is 58.5 Å². The number of halogens is 2. The van der Waals surface area contributed by atoms with E-state index in [2.05, 4.69) is 19.1 Å². The van der Waals surface area contributed by atoms with Crippen molar-refractivity contribution in [1.29, 1.82) is 0 Å². The Morgan fingerprint density at radius 2 is 1.48 bits per heavy atom. The fourth-order valence-electron chi connectivity index (χ4n) is 5.52. The molecule has 0 aliphatic carbocycles. The smallest absolute Gasteiger partial charge is 0.254 e. The number of hydrogen-bond acceptors (Lipinski definition) is 4. The molecule has 46 heavy (non-hydrogen) atoms. The zero-order valence-electron chi connectivity index (χ0n) is 27.6. The molecule has 3 aromatic rings. The average Bonchev–Trinajstić information content (AvgIpc) is 3.01.